The average molecular weight is 277 g/mol. The van der Waals surface area contributed by atoms with Gasteiger partial charge < -0.3 is 5.32 Å². The highest BCUT2D eigenvalue weighted by Crippen LogP contribution is 2.40. The largest absolute Gasteiger partial charge is 0.361 e. The SMILES string of the molecule is BrC1(Br)Cc2ccccc2N1. The van der Waals surface area contributed by atoms with Crippen LogP contribution in [0.2, 0.25) is 0 Å². The Morgan fingerprint density at radius 3 is 2.73 bits per heavy atom. The fourth-order valence-electron chi connectivity index (χ4n) is 1.28. The zero-order chi connectivity index (χ0) is 7.90. The van der Waals surface area contributed by atoms with Crippen molar-refractivity contribution in [1.29, 1.82) is 0 Å². The first-order chi connectivity index (χ1) is 5.17. The zero-order valence-electron chi connectivity index (χ0n) is 5.77. The lowest BCUT2D eigenvalue weighted by molar-refractivity contribution is 1.000. The molecule has 0 unspecified atom stereocenters. The lowest BCUT2D eigenvalue weighted by Gasteiger charge is -2.12. The van der Waals surface area contributed by atoms with Crippen LogP contribution in [0.5, 0.6) is 0 Å². The fourth-order valence-corrected chi connectivity index (χ4v) is 2.31. The third-order valence-electron chi connectivity index (χ3n) is 1.75. The molecule has 1 aromatic carbocycles. The highest BCUT2D eigenvalue weighted by atomic mass is 79.9. The first kappa shape index (κ1) is 7.62. The normalized spacial score (nSPS) is 19.1. The van der Waals surface area contributed by atoms with Gasteiger partial charge in [-0.05, 0) is 43.5 Å². The number of fused-ring (bicyclic) bond motifs is 1. The van der Waals surface area contributed by atoms with Crippen LogP contribution in [0.3, 0.4) is 0 Å². The van der Waals surface area contributed by atoms with E-state index in [-0.39, 0.29) is 3.36 Å². The Bertz CT molecular complexity index is 256. The second-order valence-corrected chi connectivity index (χ2v) is 6.43. The molecule has 58 valence electrons. The average Bonchev–Trinajstić information content (AvgIpc) is 2.21. The minimum atomic E-state index is -0.121. The summed E-state index contributed by atoms with van der Waals surface area (Å²) in [6, 6.07) is 8.31. The van der Waals surface area contributed by atoms with Gasteiger partial charge in [0.1, 0.15) is 0 Å². The standard InChI is InChI=1S/C8H7Br2N/c9-8(10)5-6-3-1-2-4-7(6)11-8/h1-4,11H,5H2. The van der Waals surface area contributed by atoms with Crippen LogP contribution in [0.4, 0.5) is 5.69 Å². The zero-order valence-corrected chi connectivity index (χ0v) is 8.94. The number of alkyl halides is 2. The van der Waals surface area contributed by atoms with Crippen molar-refractivity contribution in [2.75, 3.05) is 5.32 Å². The van der Waals surface area contributed by atoms with Gasteiger partial charge in [-0.2, -0.15) is 0 Å². The molecule has 0 aliphatic carbocycles. The lowest BCUT2D eigenvalue weighted by Crippen LogP contribution is -2.18. The number of benzene rings is 1. The molecule has 0 aromatic heterocycles. The molecule has 0 spiro atoms. The second kappa shape index (κ2) is 2.49. The van der Waals surface area contributed by atoms with Crippen molar-refractivity contribution in [3.63, 3.8) is 0 Å². The van der Waals surface area contributed by atoms with Crippen LogP contribution in [-0.2, 0) is 6.42 Å². The van der Waals surface area contributed by atoms with E-state index in [1.165, 1.54) is 11.3 Å². The van der Waals surface area contributed by atoms with Crippen LogP contribution in [0.25, 0.3) is 0 Å². The Kier molecular flexibility index (Phi) is 1.72. The molecule has 1 heterocycles. The van der Waals surface area contributed by atoms with Crippen molar-refractivity contribution in [2.24, 2.45) is 0 Å². The molecule has 1 aromatic rings. The summed E-state index contributed by atoms with van der Waals surface area (Å²) in [4.78, 5) is 0. The van der Waals surface area contributed by atoms with Crippen molar-refractivity contribution < 1.29 is 0 Å². The molecule has 1 aliphatic rings. The van der Waals surface area contributed by atoms with Crippen LogP contribution < -0.4 is 5.32 Å². The molecular formula is C8H7Br2N. The molecule has 1 aliphatic heterocycles. The Labute approximate surface area is 82.4 Å². The topological polar surface area (TPSA) is 12.0 Å². The lowest BCUT2D eigenvalue weighted by atomic mass is 10.2. The van der Waals surface area contributed by atoms with Crippen molar-refractivity contribution in [1.82, 2.24) is 0 Å². The fraction of sp³-hybridized carbons (Fsp3) is 0.250. The molecule has 0 saturated carbocycles. The summed E-state index contributed by atoms with van der Waals surface area (Å²) in [6.07, 6.45) is 0.975. The van der Waals surface area contributed by atoms with Gasteiger partial charge in [-0.3, -0.25) is 0 Å². The van der Waals surface area contributed by atoms with Crippen LogP contribution >= 0.6 is 31.9 Å². The van der Waals surface area contributed by atoms with Gasteiger partial charge in [-0.1, -0.05) is 18.2 Å². The molecule has 1 N–H and O–H groups in total. The van der Waals surface area contributed by atoms with Crippen LogP contribution in [-0.4, -0.2) is 3.36 Å². The van der Waals surface area contributed by atoms with E-state index in [1.54, 1.807) is 0 Å². The highest BCUT2D eigenvalue weighted by Gasteiger charge is 2.30. The molecular weight excluding hydrogens is 270 g/mol. The summed E-state index contributed by atoms with van der Waals surface area (Å²) < 4.78 is -0.121. The van der Waals surface area contributed by atoms with E-state index in [1.807, 2.05) is 6.07 Å². The van der Waals surface area contributed by atoms with Crippen LogP contribution in [0.15, 0.2) is 24.3 Å². The second-order valence-electron chi connectivity index (χ2n) is 2.66. The number of anilines is 1. The first-order valence-electron chi connectivity index (χ1n) is 3.41. The predicted molar refractivity (Wildman–Crippen MR) is 54.4 cm³/mol. The summed E-state index contributed by atoms with van der Waals surface area (Å²) in [7, 11) is 0. The Balaban J connectivity index is 2.41. The molecule has 3 heteroatoms. The molecule has 0 fully saturated rings. The predicted octanol–water partition coefficient (Wildman–Crippen LogP) is 3.10. The molecule has 1 nitrogen and oxygen atoms in total. The molecule has 0 bridgehead atoms. The van der Waals surface area contributed by atoms with E-state index < -0.39 is 0 Å². The minimum absolute atomic E-state index is 0.121. The summed E-state index contributed by atoms with van der Waals surface area (Å²) in [6.45, 7) is 0. The highest BCUT2D eigenvalue weighted by molar-refractivity contribution is 9.25. The Morgan fingerprint density at radius 2 is 2.00 bits per heavy atom. The van der Waals surface area contributed by atoms with Gasteiger partial charge in [0.05, 0.1) is 0 Å². The molecule has 0 amide bonds. The maximum Gasteiger partial charge on any atom is 0.153 e. The van der Waals surface area contributed by atoms with Gasteiger partial charge >= 0.3 is 0 Å². The quantitative estimate of drug-likeness (QED) is 0.567. The van der Waals surface area contributed by atoms with Crippen molar-refractivity contribution in [2.45, 2.75) is 9.78 Å². The van der Waals surface area contributed by atoms with Gasteiger partial charge in [-0.25, -0.2) is 0 Å². The van der Waals surface area contributed by atoms with E-state index in [9.17, 15) is 0 Å². The molecule has 0 radical (unpaired) electrons. The van der Waals surface area contributed by atoms with E-state index >= 15 is 0 Å². The number of hydrogen-bond acceptors (Lipinski definition) is 1. The van der Waals surface area contributed by atoms with E-state index in [4.69, 9.17) is 0 Å². The van der Waals surface area contributed by atoms with Gasteiger partial charge in [0.15, 0.2) is 3.36 Å². The Morgan fingerprint density at radius 1 is 1.27 bits per heavy atom. The smallest absolute Gasteiger partial charge is 0.153 e. The van der Waals surface area contributed by atoms with Gasteiger partial charge in [0.25, 0.3) is 0 Å². The number of rotatable bonds is 0. The molecule has 0 atom stereocenters. The van der Waals surface area contributed by atoms with Gasteiger partial charge in [0, 0.05) is 12.1 Å². The number of halogens is 2. The van der Waals surface area contributed by atoms with Crippen molar-refractivity contribution in [3.05, 3.63) is 29.8 Å². The summed E-state index contributed by atoms with van der Waals surface area (Å²) in [5.41, 5.74) is 2.56. The van der Waals surface area contributed by atoms with Crippen LogP contribution in [0.1, 0.15) is 5.56 Å². The third kappa shape index (κ3) is 1.44. The van der Waals surface area contributed by atoms with Gasteiger partial charge in [-0.15, -0.1) is 0 Å². The number of para-hydroxylation sites is 1. The minimum Gasteiger partial charge on any atom is -0.361 e. The van der Waals surface area contributed by atoms with E-state index in [0.29, 0.717) is 0 Å². The summed E-state index contributed by atoms with van der Waals surface area (Å²) >= 11 is 7.06. The number of hydrogen-bond donors (Lipinski definition) is 1. The molecule has 0 saturated heterocycles. The molecule has 2 rings (SSSR count). The van der Waals surface area contributed by atoms with Crippen molar-refractivity contribution >= 4 is 37.5 Å². The Hall–Kier alpha value is -0.0200. The maximum atomic E-state index is 3.53. The maximum absolute atomic E-state index is 3.53. The van der Waals surface area contributed by atoms with E-state index in [2.05, 4.69) is 55.4 Å². The van der Waals surface area contributed by atoms with Crippen molar-refractivity contribution in [3.8, 4) is 0 Å². The monoisotopic (exact) mass is 275 g/mol. The number of nitrogens with one attached hydrogen (secondary N) is 1. The van der Waals surface area contributed by atoms with Crippen LogP contribution in [0, 0.1) is 0 Å². The third-order valence-corrected chi connectivity index (χ3v) is 2.70. The first-order valence-corrected chi connectivity index (χ1v) is 5.00. The molecule has 11 heavy (non-hydrogen) atoms. The van der Waals surface area contributed by atoms with E-state index in [0.717, 1.165) is 6.42 Å². The summed E-state index contributed by atoms with van der Waals surface area (Å²) in [5, 5.41) is 3.31. The van der Waals surface area contributed by atoms with Gasteiger partial charge in [0.2, 0.25) is 0 Å². The summed E-state index contributed by atoms with van der Waals surface area (Å²) in [5.74, 6) is 0.